The molecule has 0 aliphatic heterocycles. The molecular weight excluding hydrogens is 212 g/mol. The number of aliphatic hydroxyl groups is 2. The normalized spacial score (nSPS) is 50.8. The van der Waals surface area contributed by atoms with E-state index < -0.39 is 11.7 Å². The molecule has 0 aromatic heterocycles. The molecule has 0 saturated heterocycles. The van der Waals surface area contributed by atoms with E-state index in [0.717, 1.165) is 5.92 Å². The van der Waals surface area contributed by atoms with Gasteiger partial charge in [-0.2, -0.15) is 0 Å². The Morgan fingerprint density at radius 2 is 1.35 bits per heavy atom. The molecule has 0 aromatic rings. The standard InChI is InChI=1S/C15H22O2/c16-11-9-15(11,17)14(7-8-14)13(5-6-13)12(3-4-12)10-1-2-10/h10-11,16-17H,1-9H2. The van der Waals surface area contributed by atoms with Gasteiger partial charge < -0.3 is 10.2 Å². The summed E-state index contributed by atoms with van der Waals surface area (Å²) in [6.45, 7) is 0. The largest absolute Gasteiger partial charge is 0.390 e. The third-order valence-electron chi connectivity index (χ3n) is 7.24. The summed E-state index contributed by atoms with van der Waals surface area (Å²) in [6.07, 6.45) is 11.1. The quantitative estimate of drug-likeness (QED) is 0.783. The first-order valence-corrected chi connectivity index (χ1v) is 7.51. The van der Waals surface area contributed by atoms with Crippen molar-refractivity contribution in [2.24, 2.45) is 22.2 Å². The number of rotatable bonds is 4. The van der Waals surface area contributed by atoms with Gasteiger partial charge in [-0.25, -0.2) is 0 Å². The first-order valence-electron chi connectivity index (χ1n) is 7.51. The Kier molecular flexibility index (Phi) is 1.35. The van der Waals surface area contributed by atoms with Gasteiger partial charge in [-0.3, -0.25) is 0 Å². The predicted octanol–water partition coefficient (Wildman–Crippen LogP) is 2.23. The van der Waals surface area contributed by atoms with Crippen molar-refractivity contribution >= 4 is 0 Å². The molecule has 2 nitrogen and oxygen atoms in total. The summed E-state index contributed by atoms with van der Waals surface area (Å²) in [7, 11) is 0. The highest BCUT2D eigenvalue weighted by atomic mass is 16.4. The van der Waals surface area contributed by atoms with Gasteiger partial charge in [-0.05, 0) is 68.1 Å². The van der Waals surface area contributed by atoms with Crippen LogP contribution < -0.4 is 0 Å². The summed E-state index contributed by atoms with van der Waals surface area (Å²) in [6, 6.07) is 0. The molecule has 5 fully saturated rings. The summed E-state index contributed by atoms with van der Waals surface area (Å²) >= 11 is 0. The summed E-state index contributed by atoms with van der Waals surface area (Å²) in [5.74, 6) is 0.988. The number of hydrogen-bond donors (Lipinski definition) is 2. The molecule has 5 aliphatic rings. The van der Waals surface area contributed by atoms with E-state index in [4.69, 9.17) is 0 Å². The molecule has 0 aromatic carbocycles. The van der Waals surface area contributed by atoms with E-state index in [1.807, 2.05) is 0 Å². The molecule has 5 aliphatic carbocycles. The Labute approximate surface area is 102 Å². The Morgan fingerprint density at radius 1 is 0.824 bits per heavy atom. The zero-order valence-electron chi connectivity index (χ0n) is 10.4. The van der Waals surface area contributed by atoms with Crippen LogP contribution in [0.2, 0.25) is 0 Å². The van der Waals surface area contributed by atoms with Gasteiger partial charge in [0.2, 0.25) is 0 Å². The van der Waals surface area contributed by atoms with Gasteiger partial charge in [0.25, 0.3) is 0 Å². The van der Waals surface area contributed by atoms with E-state index in [9.17, 15) is 10.2 Å². The molecule has 0 radical (unpaired) electrons. The van der Waals surface area contributed by atoms with Crippen molar-refractivity contribution in [2.45, 2.75) is 69.5 Å². The predicted molar refractivity (Wildman–Crippen MR) is 63.3 cm³/mol. The van der Waals surface area contributed by atoms with Crippen molar-refractivity contribution in [3.8, 4) is 0 Å². The van der Waals surface area contributed by atoms with Gasteiger partial charge in [0.05, 0.1) is 11.7 Å². The fourth-order valence-electron chi connectivity index (χ4n) is 5.83. The molecule has 0 bridgehead atoms. The van der Waals surface area contributed by atoms with Crippen molar-refractivity contribution < 1.29 is 10.2 Å². The minimum atomic E-state index is -0.673. The summed E-state index contributed by atoms with van der Waals surface area (Å²) in [5, 5.41) is 20.5. The first-order chi connectivity index (χ1) is 8.10. The van der Waals surface area contributed by atoms with Crippen LogP contribution in [0.3, 0.4) is 0 Å². The van der Waals surface area contributed by atoms with E-state index in [-0.39, 0.29) is 5.41 Å². The van der Waals surface area contributed by atoms with Gasteiger partial charge in [-0.1, -0.05) is 0 Å². The lowest BCUT2D eigenvalue weighted by Crippen LogP contribution is -2.41. The number of hydrogen-bond acceptors (Lipinski definition) is 2. The van der Waals surface area contributed by atoms with Crippen molar-refractivity contribution in [1.82, 2.24) is 0 Å². The molecular formula is C15H22O2. The van der Waals surface area contributed by atoms with Crippen molar-refractivity contribution in [3.05, 3.63) is 0 Å². The molecule has 94 valence electrons. The van der Waals surface area contributed by atoms with Crippen LogP contribution in [0.25, 0.3) is 0 Å². The zero-order chi connectivity index (χ0) is 11.5. The highest BCUT2D eigenvalue weighted by Gasteiger charge is 2.86. The van der Waals surface area contributed by atoms with Crippen LogP contribution >= 0.6 is 0 Å². The van der Waals surface area contributed by atoms with Crippen LogP contribution in [0.1, 0.15) is 57.8 Å². The lowest BCUT2D eigenvalue weighted by molar-refractivity contribution is -0.0428. The molecule has 17 heavy (non-hydrogen) atoms. The van der Waals surface area contributed by atoms with Crippen LogP contribution in [-0.2, 0) is 0 Å². The molecule has 5 saturated carbocycles. The fourth-order valence-corrected chi connectivity index (χ4v) is 5.83. The molecule has 0 amide bonds. The van der Waals surface area contributed by atoms with E-state index in [1.54, 1.807) is 0 Å². The van der Waals surface area contributed by atoms with Gasteiger partial charge in [-0.15, -0.1) is 0 Å². The lowest BCUT2D eigenvalue weighted by Gasteiger charge is -2.39. The molecule has 0 heterocycles. The van der Waals surface area contributed by atoms with E-state index in [1.165, 1.54) is 51.4 Å². The molecule has 5 rings (SSSR count). The topological polar surface area (TPSA) is 40.5 Å². The van der Waals surface area contributed by atoms with Crippen molar-refractivity contribution in [2.75, 3.05) is 0 Å². The molecule has 0 spiro atoms. The van der Waals surface area contributed by atoms with E-state index in [2.05, 4.69) is 0 Å². The Morgan fingerprint density at radius 3 is 1.65 bits per heavy atom. The SMILES string of the molecule is OC1CC1(O)C1(C2(C3(C4CC4)CC3)CC2)CC1. The summed E-state index contributed by atoms with van der Waals surface area (Å²) in [5.41, 5.74) is 0.571. The number of aliphatic hydroxyl groups excluding tert-OH is 1. The average Bonchev–Trinajstić information content (AvgIpc) is 3.03. The fraction of sp³-hybridized carbons (Fsp3) is 1.00. The maximum absolute atomic E-state index is 10.7. The van der Waals surface area contributed by atoms with Crippen LogP contribution in [-0.4, -0.2) is 21.9 Å². The van der Waals surface area contributed by atoms with Crippen LogP contribution in [0.5, 0.6) is 0 Å². The Balaban J connectivity index is 1.56. The Hall–Kier alpha value is -0.0800. The second-order valence-electron chi connectivity index (χ2n) is 7.74. The smallest absolute Gasteiger partial charge is 0.0993 e. The second kappa shape index (κ2) is 2.34. The zero-order valence-corrected chi connectivity index (χ0v) is 10.4. The Bertz CT molecular complexity index is 399. The van der Waals surface area contributed by atoms with Gasteiger partial charge in [0, 0.05) is 11.8 Å². The third kappa shape index (κ3) is 0.859. The van der Waals surface area contributed by atoms with Crippen molar-refractivity contribution in [3.63, 3.8) is 0 Å². The maximum atomic E-state index is 10.7. The summed E-state index contributed by atoms with van der Waals surface area (Å²) < 4.78 is 0. The van der Waals surface area contributed by atoms with E-state index >= 15 is 0 Å². The molecule has 2 unspecified atom stereocenters. The maximum Gasteiger partial charge on any atom is 0.0993 e. The first kappa shape index (κ1) is 9.80. The monoisotopic (exact) mass is 234 g/mol. The molecule has 2 atom stereocenters. The minimum Gasteiger partial charge on any atom is -0.390 e. The van der Waals surface area contributed by atoms with Gasteiger partial charge >= 0.3 is 0 Å². The lowest BCUT2D eigenvalue weighted by atomic mass is 9.67. The van der Waals surface area contributed by atoms with Crippen molar-refractivity contribution in [1.29, 1.82) is 0 Å². The molecule has 2 heteroatoms. The van der Waals surface area contributed by atoms with E-state index in [0.29, 0.717) is 17.3 Å². The van der Waals surface area contributed by atoms with Crippen LogP contribution in [0.4, 0.5) is 0 Å². The van der Waals surface area contributed by atoms with Crippen LogP contribution in [0, 0.1) is 22.2 Å². The highest BCUT2D eigenvalue weighted by molar-refractivity contribution is 5.36. The van der Waals surface area contributed by atoms with Crippen LogP contribution in [0.15, 0.2) is 0 Å². The van der Waals surface area contributed by atoms with Gasteiger partial charge in [0.1, 0.15) is 0 Å². The minimum absolute atomic E-state index is 0.151. The molecule has 2 N–H and O–H groups in total. The second-order valence-corrected chi connectivity index (χ2v) is 7.74. The average molecular weight is 234 g/mol. The highest BCUT2D eigenvalue weighted by Crippen LogP contribution is 2.90. The summed E-state index contributed by atoms with van der Waals surface area (Å²) in [4.78, 5) is 0. The van der Waals surface area contributed by atoms with Gasteiger partial charge in [0.15, 0.2) is 0 Å². The third-order valence-corrected chi connectivity index (χ3v) is 7.24.